The van der Waals surface area contributed by atoms with Crippen LogP contribution in [-0.2, 0) is 14.6 Å². The van der Waals surface area contributed by atoms with Crippen molar-refractivity contribution in [3.63, 3.8) is 0 Å². The van der Waals surface area contributed by atoms with Crippen LogP contribution >= 0.6 is 11.6 Å². The number of unbranched alkanes of at least 4 members (excludes halogenated alkanes) is 1. The highest BCUT2D eigenvalue weighted by molar-refractivity contribution is 7.91. The fourth-order valence-corrected chi connectivity index (χ4v) is 3.68. The first-order valence-corrected chi connectivity index (χ1v) is 9.56. The van der Waals surface area contributed by atoms with E-state index in [2.05, 4.69) is 11.9 Å². The SMILES string of the molecule is CCCCO[C@@H](CS(=O)(=O)c1ccc(Cl)cc1)c1ccncc1. The lowest BCUT2D eigenvalue weighted by molar-refractivity contribution is 0.0657. The van der Waals surface area contributed by atoms with Crippen molar-refractivity contribution in [3.8, 4) is 0 Å². The molecule has 1 aromatic carbocycles. The summed E-state index contributed by atoms with van der Waals surface area (Å²) >= 11 is 5.82. The molecule has 0 saturated heterocycles. The third-order valence-electron chi connectivity index (χ3n) is 3.44. The smallest absolute Gasteiger partial charge is 0.181 e. The number of ether oxygens (including phenoxy) is 1. The molecular formula is C17H20ClNO3S. The van der Waals surface area contributed by atoms with Crippen molar-refractivity contribution in [3.05, 3.63) is 59.4 Å². The molecule has 1 heterocycles. The van der Waals surface area contributed by atoms with Gasteiger partial charge in [-0.3, -0.25) is 4.98 Å². The van der Waals surface area contributed by atoms with Gasteiger partial charge in [0.2, 0.25) is 0 Å². The van der Waals surface area contributed by atoms with Gasteiger partial charge in [0.1, 0.15) is 0 Å². The number of nitrogens with zero attached hydrogens (tertiary/aromatic N) is 1. The van der Waals surface area contributed by atoms with E-state index in [1.165, 1.54) is 12.1 Å². The Hall–Kier alpha value is -1.43. The number of benzene rings is 1. The molecule has 4 nitrogen and oxygen atoms in total. The van der Waals surface area contributed by atoms with Crippen LogP contribution in [0.25, 0.3) is 0 Å². The molecule has 0 aliphatic rings. The van der Waals surface area contributed by atoms with E-state index in [1.807, 2.05) is 0 Å². The van der Waals surface area contributed by atoms with Crippen molar-refractivity contribution in [1.82, 2.24) is 4.98 Å². The van der Waals surface area contributed by atoms with Crippen LogP contribution < -0.4 is 0 Å². The fourth-order valence-electron chi connectivity index (χ4n) is 2.13. The second kappa shape index (κ2) is 8.43. The van der Waals surface area contributed by atoms with Crippen LogP contribution in [0.2, 0.25) is 5.02 Å². The standard InChI is InChI=1S/C17H20ClNO3S/c1-2-3-12-22-17(14-8-10-19-11-9-14)13-23(20,21)16-6-4-15(18)5-7-16/h4-11,17H,2-3,12-13H2,1H3/t17-/m0/s1. The zero-order valence-corrected chi connectivity index (χ0v) is 14.6. The Balaban J connectivity index is 2.20. The highest BCUT2D eigenvalue weighted by atomic mass is 35.5. The summed E-state index contributed by atoms with van der Waals surface area (Å²) in [6.45, 7) is 2.59. The van der Waals surface area contributed by atoms with Crippen LogP contribution in [0.3, 0.4) is 0 Å². The Morgan fingerprint density at radius 1 is 1.13 bits per heavy atom. The lowest BCUT2D eigenvalue weighted by Crippen LogP contribution is -2.18. The maximum Gasteiger partial charge on any atom is 0.181 e. The van der Waals surface area contributed by atoms with E-state index in [-0.39, 0.29) is 10.6 Å². The molecule has 0 N–H and O–H groups in total. The maximum absolute atomic E-state index is 12.6. The number of pyridine rings is 1. The van der Waals surface area contributed by atoms with Gasteiger partial charge < -0.3 is 4.74 Å². The van der Waals surface area contributed by atoms with E-state index in [9.17, 15) is 8.42 Å². The van der Waals surface area contributed by atoms with E-state index < -0.39 is 15.9 Å². The van der Waals surface area contributed by atoms with Gasteiger partial charge >= 0.3 is 0 Å². The summed E-state index contributed by atoms with van der Waals surface area (Å²) in [5.41, 5.74) is 0.814. The van der Waals surface area contributed by atoms with Crippen LogP contribution in [0.4, 0.5) is 0 Å². The van der Waals surface area contributed by atoms with E-state index in [1.54, 1.807) is 36.7 Å². The predicted molar refractivity (Wildman–Crippen MR) is 91.3 cm³/mol. The highest BCUT2D eigenvalue weighted by Gasteiger charge is 2.23. The van der Waals surface area contributed by atoms with Crippen LogP contribution in [0.1, 0.15) is 31.4 Å². The lowest BCUT2D eigenvalue weighted by Gasteiger charge is -2.18. The Kier molecular flexibility index (Phi) is 6.57. The summed E-state index contributed by atoms with van der Waals surface area (Å²) in [6.07, 6.45) is 4.65. The molecule has 0 unspecified atom stereocenters. The number of sulfone groups is 1. The molecule has 2 aromatic rings. The van der Waals surface area contributed by atoms with Crippen LogP contribution in [0.5, 0.6) is 0 Å². The van der Waals surface area contributed by atoms with Gasteiger partial charge in [0.25, 0.3) is 0 Å². The molecule has 0 saturated carbocycles. The molecule has 6 heteroatoms. The molecule has 0 spiro atoms. The monoisotopic (exact) mass is 353 g/mol. The summed E-state index contributed by atoms with van der Waals surface area (Å²) in [5.74, 6) is -0.109. The van der Waals surface area contributed by atoms with E-state index in [0.29, 0.717) is 11.6 Å². The fraction of sp³-hybridized carbons (Fsp3) is 0.353. The largest absolute Gasteiger partial charge is 0.372 e. The van der Waals surface area contributed by atoms with Gasteiger partial charge in [-0.15, -0.1) is 0 Å². The Bertz CT molecular complexity index is 702. The lowest BCUT2D eigenvalue weighted by atomic mass is 10.2. The first-order valence-electron chi connectivity index (χ1n) is 7.53. The molecule has 1 atom stereocenters. The normalized spacial score (nSPS) is 13.0. The van der Waals surface area contributed by atoms with Crippen molar-refractivity contribution < 1.29 is 13.2 Å². The van der Waals surface area contributed by atoms with Crippen LogP contribution in [-0.4, -0.2) is 25.8 Å². The maximum atomic E-state index is 12.6. The molecule has 1 aromatic heterocycles. The molecule has 23 heavy (non-hydrogen) atoms. The van der Waals surface area contributed by atoms with Crippen molar-refractivity contribution >= 4 is 21.4 Å². The third kappa shape index (κ3) is 5.30. The Morgan fingerprint density at radius 2 is 1.78 bits per heavy atom. The summed E-state index contributed by atoms with van der Waals surface area (Å²) in [7, 11) is -3.47. The quantitative estimate of drug-likeness (QED) is 0.671. The summed E-state index contributed by atoms with van der Waals surface area (Å²) in [4.78, 5) is 4.22. The first kappa shape index (κ1) is 17.9. The second-order valence-electron chi connectivity index (χ2n) is 5.23. The molecule has 0 aliphatic heterocycles. The van der Waals surface area contributed by atoms with E-state index in [0.717, 1.165) is 18.4 Å². The zero-order chi connectivity index (χ0) is 16.7. The minimum Gasteiger partial charge on any atom is -0.372 e. The van der Waals surface area contributed by atoms with Gasteiger partial charge in [-0.05, 0) is 48.4 Å². The van der Waals surface area contributed by atoms with Crippen LogP contribution in [0, 0.1) is 0 Å². The van der Waals surface area contributed by atoms with Gasteiger partial charge in [0.15, 0.2) is 9.84 Å². The molecule has 0 fully saturated rings. The second-order valence-corrected chi connectivity index (χ2v) is 7.70. The van der Waals surface area contributed by atoms with E-state index in [4.69, 9.17) is 16.3 Å². The number of aromatic nitrogens is 1. The third-order valence-corrected chi connectivity index (χ3v) is 5.42. The van der Waals surface area contributed by atoms with Crippen molar-refractivity contribution in [2.24, 2.45) is 0 Å². The Morgan fingerprint density at radius 3 is 2.39 bits per heavy atom. The van der Waals surface area contributed by atoms with Gasteiger partial charge in [0, 0.05) is 24.0 Å². The molecular weight excluding hydrogens is 334 g/mol. The molecule has 0 radical (unpaired) electrons. The molecule has 0 aliphatic carbocycles. The highest BCUT2D eigenvalue weighted by Crippen LogP contribution is 2.24. The Labute approximate surface area is 142 Å². The molecule has 0 bridgehead atoms. The number of halogens is 1. The summed E-state index contributed by atoms with van der Waals surface area (Å²) < 4.78 is 31.1. The van der Waals surface area contributed by atoms with Gasteiger partial charge in [-0.2, -0.15) is 0 Å². The van der Waals surface area contributed by atoms with Gasteiger partial charge in [-0.25, -0.2) is 8.42 Å². The molecule has 124 valence electrons. The van der Waals surface area contributed by atoms with Gasteiger partial charge in [0.05, 0.1) is 16.8 Å². The zero-order valence-electron chi connectivity index (χ0n) is 13.0. The first-order chi connectivity index (χ1) is 11.0. The minimum atomic E-state index is -3.47. The summed E-state index contributed by atoms with van der Waals surface area (Å²) in [6, 6.07) is 9.77. The average molecular weight is 354 g/mol. The van der Waals surface area contributed by atoms with Crippen LogP contribution in [0.15, 0.2) is 53.7 Å². The topological polar surface area (TPSA) is 56.3 Å². The van der Waals surface area contributed by atoms with Gasteiger partial charge in [-0.1, -0.05) is 24.9 Å². The number of hydrogen-bond acceptors (Lipinski definition) is 4. The van der Waals surface area contributed by atoms with Crippen molar-refractivity contribution in [2.75, 3.05) is 12.4 Å². The minimum absolute atomic E-state index is 0.109. The van der Waals surface area contributed by atoms with Crippen molar-refractivity contribution in [2.45, 2.75) is 30.8 Å². The number of rotatable bonds is 8. The van der Waals surface area contributed by atoms with E-state index >= 15 is 0 Å². The molecule has 0 amide bonds. The average Bonchev–Trinajstić information content (AvgIpc) is 2.55. The number of hydrogen-bond donors (Lipinski definition) is 0. The summed E-state index contributed by atoms with van der Waals surface area (Å²) in [5, 5.41) is 0.508. The van der Waals surface area contributed by atoms with Crippen molar-refractivity contribution in [1.29, 1.82) is 0 Å². The predicted octanol–water partition coefficient (Wildman–Crippen LogP) is 4.07. The molecule has 2 rings (SSSR count).